The van der Waals surface area contributed by atoms with Gasteiger partial charge in [-0.1, -0.05) is 18.5 Å². The van der Waals surface area contributed by atoms with Crippen LogP contribution in [0.25, 0.3) is 0 Å². The predicted octanol–water partition coefficient (Wildman–Crippen LogP) is 3.64. The van der Waals surface area contributed by atoms with Crippen molar-refractivity contribution in [3.05, 3.63) is 28.8 Å². The molecule has 2 N–H and O–H groups in total. The number of hydrogen-bond donors (Lipinski definition) is 2. The first-order valence-corrected chi connectivity index (χ1v) is 6.23. The number of hydrogen-bond acceptors (Lipinski definition) is 2. The molecule has 1 aromatic rings. The quantitative estimate of drug-likeness (QED) is 0.865. The van der Waals surface area contributed by atoms with Gasteiger partial charge in [0.2, 0.25) is 0 Å². The van der Waals surface area contributed by atoms with Crippen molar-refractivity contribution in [2.24, 2.45) is 5.92 Å². The summed E-state index contributed by atoms with van der Waals surface area (Å²) in [4.78, 5) is 11.0. The summed E-state index contributed by atoms with van der Waals surface area (Å²) in [6.07, 6.45) is 3.52. The van der Waals surface area contributed by atoms with E-state index in [1.165, 1.54) is 6.42 Å². The highest BCUT2D eigenvalue weighted by atomic mass is 35.5. The Morgan fingerprint density at radius 3 is 2.82 bits per heavy atom. The first-order valence-electron chi connectivity index (χ1n) is 5.85. The van der Waals surface area contributed by atoms with Crippen molar-refractivity contribution in [2.45, 2.75) is 32.2 Å². The number of carboxylic acid groups (broad SMARTS) is 1. The lowest BCUT2D eigenvalue weighted by atomic mass is 10.1. The Labute approximate surface area is 106 Å². The average molecular weight is 254 g/mol. The summed E-state index contributed by atoms with van der Waals surface area (Å²) in [6, 6.07) is 5.52. The molecule has 1 saturated carbocycles. The molecule has 17 heavy (non-hydrogen) atoms. The molecule has 1 aliphatic carbocycles. The molecule has 0 amide bonds. The zero-order chi connectivity index (χ0) is 12.4. The number of benzene rings is 1. The molecule has 2 atom stereocenters. The highest BCUT2D eigenvalue weighted by molar-refractivity contribution is 6.33. The van der Waals surface area contributed by atoms with Crippen molar-refractivity contribution in [3.8, 4) is 0 Å². The molecule has 4 heteroatoms. The SMILES string of the molecule is CC1CCC(Nc2ccc(Cl)c(C(=O)O)c2)C1. The van der Waals surface area contributed by atoms with Gasteiger partial charge in [-0.15, -0.1) is 0 Å². The van der Waals surface area contributed by atoms with Gasteiger partial charge < -0.3 is 10.4 Å². The Morgan fingerprint density at radius 1 is 1.47 bits per heavy atom. The van der Waals surface area contributed by atoms with E-state index in [4.69, 9.17) is 16.7 Å². The minimum atomic E-state index is -0.988. The Bertz CT molecular complexity index is 433. The van der Waals surface area contributed by atoms with Gasteiger partial charge in [0.25, 0.3) is 0 Å². The maximum atomic E-state index is 11.0. The third kappa shape index (κ3) is 2.91. The number of aromatic carboxylic acids is 1. The standard InChI is InChI=1S/C13H16ClNO2/c1-8-2-3-9(6-8)15-10-4-5-12(14)11(7-10)13(16)17/h4-5,7-9,15H,2-3,6H2,1H3,(H,16,17). The molecular formula is C13H16ClNO2. The molecule has 0 radical (unpaired) electrons. The van der Waals surface area contributed by atoms with E-state index < -0.39 is 5.97 Å². The highest BCUT2D eigenvalue weighted by Crippen LogP contribution is 2.28. The van der Waals surface area contributed by atoms with Crippen LogP contribution in [0.2, 0.25) is 5.02 Å². The lowest BCUT2D eigenvalue weighted by Gasteiger charge is -2.14. The van der Waals surface area contributed by atoms with Crippen LogP contribution >= 0.6 is 11.6 Å². The fourth-order valence-corrected chi connectivity index (χ4v) is 2.55. The molecule has 2 rings (SSSR count). The number of carboxylic acids is 1. The van der Waals surface area contributed by atoms with E-state index in [0.717, 1.165) is 24.4 Å². The minimum absolute atomic E-state index is 0.155. The van der Waals surface area contributed by atoms with E-state index in [0.29, 0.717) is 6.04 Å². The van der Waals surface area contributed by atoms with Gasteiger partial charge in [-0.05, 0) is 43.4 Å². The third-order valence-corrected chi connectivity index (χ3v) is 3.59. The fourth-order valence-electron chi connectivity index (χ4n) is 2.35. The second kappa shape index (κ2) is 4.96. The molecule has 0 spiro atoms. The molecule has 0 aliphatic heterocycles. The third-order valence-electron chi connectivity index (χ3n) is 3.26. The minimum Gasteiger partial charge on any atom is -0.478 e. The van der Waals surface area contributed by atoms with Gasteiger partial charge >= 0.3 is 5.97 Å². The van der Waals surface area contributed by atoms with Crippen LogP contribution in [0.15, 0.2) is 18.2 Å². The van der Waals surface area contributed by atoms with Crippen LogP contribution in [-0.4, -0.2) is 17.1 Å². The van der Waals surface area contributed by atoms with Crippen molar-refractivity contribution in [1.29, 1.82) is 0 Å². The van der Waals surface area contributed by atoms with Crippen molar-refractivity contribution in [2.75, 3.05) is 5.32 Å². The zero-order valence-corrected chi connectivity index (χ0v) is 10.5. The molecule has 0 heterocycles. The molecule has 92 valence electrons. The van der Waals surface area contributed by atoms with Gasteiger partial charge in [-0.3, -0.25) is 0 Å². The predicted molar refractivity (Wildman–Crippen MR) is 68.8 cm³/mol. The largest absolute Gasteiger partial charge is 0.478 e. The van der Waals surface area contributed by atoms with Crippen molar-refractivity contribution in [3.63, 3.8) is 0 Å². The second-order valence-corrected chi connectivity index (χ2v) is 5.17. The van der Waals surface area contributed by atoms with Crippen LogP contribution in [0.1, 0.15) is 36.5 Å². The lowest BCUT2D eigenvalue weighted by molar-refractivity contribution is 0.0697. The van der Waals surface area contributed by atoms with Crippen molar-refractivity contribution in [1.82, 2.24) is 0 Å². The van der Waals surface area contributed by atoms with Crippen LogP contribution in [0.4, 0.5) is 5.69 Å². The zero-order valence-electron chi connectivity index (χ0n) is 9.74. The monoisotopic (exact) mass is 253 g/mol. The molecule has 3 nitrogen and oxygen atoms in total. The number of nitrogens with one attached hydrogen (secondary N) is 1. The Hall–Kier alpha value is -1.22. The summed E-state index contributed by atoms with van der Waals surface area (Å²) in [6.45, 7) is 2.24. The number of carbonyl (C=O) groups is 1. The van der Waals surface area contributed by atoms with Gasteiger partial charge in [-0.2, -0.15) is 0 Å². The molecule has 0 saturated heterocycles. The van der Waals surface area contributed by atoms with E-state index in [-0.39, 0.29) is 10.6 Å². The maximum Gasteiger partial charge on any atom is 0.337 e. The Kier molecular flexibility index (Phi) is 3.57. The van der Waals surface area contributed by atoms with Gasteiger partial charge in [0, 0.05) is 11.7 Å². The molecular weight excluding hydrogens is 238 g/mol. The van der Waals surface area contributed by atoms with Crippen molar-refractivity contribution < 1.29 is 9.90 Å². The van der Waals surface area contributed by atoms with Gasteiger partial charge in [-0.25, -0.2) is 4.79 Å². The van der Waals surface area contributed by atoms with Gasteiger partial charge in [0.05, 0.1) is 10.6 Å². The van der Waals surface area contributed by atoms with E-state index in [9.17, 15) is 4.79 Å². The molecule has 1 fully saturated rings. The molecule has 0 aromatic heterocycles. The van der Waals surface area contributed by atoms with E-state index in [1.807, 2.05) is 6.07 Å². The van der Waals surface area contributed by atoms with Gasteiger partial charge in [0.15, 0.2) is 0 Å². The lowest BCUT2D eigenvalue weighted by Crippen LogP contribution is -2.15. The summed E-state index contributed by atoms with van der Waals surface area (Å²) < 4.78 is 0. The molecule has 1 aromatic carbocycles. The summed E-state index contributed by atoms with van der Waals surface area (Å²) in [7, 11) is 0. The van der Waals surface area contributed by atoms with Crippen LogP contribution in [0, 0.1) is 5.92 Å². The van der Waals surface area contributed by atoms with Crippen molar-refractivity contribution >= 4 is 23.3 Å². The Balaban J connectivity index is 2.11. The van der Waals surface area contributed by atoms with Crippen LogP contribution in [0.5, 0.6) is 0 Å². The summed E-state index contributed by atoms with van der Waals surface area (Å²) in [5, 5.41) is 12.6. The molecule has 1 aliphatic rings. The smallest absolute Gasteiger partial charge is 0.337 e. The first-order chi connectivity index (χ1) is 8.06. The normalized spacial score (nSPS) is 23.6. The van der Waals surface area contributed by atoms with Crippen LogP contribution < -0.4 is 5.32 Å². The summed E-state index contributed by atoms with van der Waals surface area (Å²) in [5.74, 6) is -0.239. The summed E-state index contributed by atoms with van der Waals surface area (Å²) in [5.41, 5.74) is 0.994. The van der Waals surface area contributed by atoms with E-state index in [2.05, 4.69) is 12.2 Å². The van der Waals surface area contributed by atoms with Crippen LogP contribution in [0.3, 0.4) is 0 Å². The number of rotatable bonds is 3. The highest BCUT2D eigenvalue weighted by Gasteiger charge is 2.21. The van der Waals surface area contributed by atoms with E-state index >= 15 is 0 Å². The number of anilines is 1. The molecule has 0 bridgehead atoms. The second-order valence-electron chi connectivity index (χ2n) is 4.76. The average Bonchev–Trinajstić information content (AvgIpc) is 2.66. The fraction of sp³-hybridized carbons (Fsp3) is 0.462. The maximum absolute atomic E-state index is 11.0. The number of halogens is 1. The van der Waals surface area contributed by atoms with Crippen LogP contribution in [-0.2, 0) is 0 Å². The molecule has 2 unspecified atom stereocenters. The Morgan fingerprint density at radius 2 is 2.24 bits per heavy atom. The first kappa shape index (κ1) is 12.2. The van der Waals surface area contributed by atoms with E-state index in [1.54, 1.807) is 12.1 Å². The van der Waals surface area contributed by atoms with Gasteiger partial charge in [0.1, 0.15) is 0 Å². The topological polar surface area (TPSA) is 49.3 Å². The summed E-state index contributed by atoms with van der Waals surface area (Å²) >= 11 is 5.82.